The van der Waals surface area contributed by atoms with E-state index in [2.05, 4.69) is 10.7 Å². The van der Waals surface area contributed by atoms with Crippen molar-refractivity contribution in [3.05, 3.63) is 29.3 Å². The first kappa shape index (κ1) is 14.5. The smallest absolute Gasteiger partial charge is 0.251 e. The van der Waals surface area contributed by atoms with Gasteiger partial charge in [-0.25, -0.2) is 0 Å². The van der Waals surface area contributed by atoms with Crippen LogP contribution in [0.2, 0.25) is 0 Å². The van der Waals surface area contributed by atoms with Gasteiger partial charge in [-0.2, -0.15) is 0 Å². The maximum atomic E-state index is 12.0. The molecule has 0 aliphatic rings. The second-order valence-corrected chi connectivity index (χ2v) is 4.82. The summed E-state index contributed by atoms with van der Waals surface area (Å²) in [5.41, 5.74) is 4.47. The molecule has 0 aromatic heterocycles. The van der Waals surface area contributed by atoms with Crippen LogP contribution in [-0.2, 0) is 4.74 Å². The van der Waals surface area contributed by atoms with Crippen molar-refractivity contribution >= 4 is 11.6 Å². The Bertz CT molecular complexity index is 430. The largest absolute Gasteiger partial charge is 0.377 e. The zero-order valence-electron chi connectivity index (χ0n) is 11.3. The molecule has 1 aromatic rings. The van der Waals surface area contributed by atoms with E-state index in [1.54, 1.807) is 19.2 Å². The second-order valence-electron chi connectivity index (χ2n) is 4.82. The summed E-state index contributed by atoms with van der Waals surface area (Å²) in [6.45, 7) is 6.17. The summed E-state index contributed by atoms with van der Waals surface area (Å²) in [7, 11) is 1.62. The molecule has 0 radical (unpaired) electrons. The molecule has 0 spiro atoms. The Labute approximate surface area is 108 Å². The van der Waals surface area contributed by atoms with E-state index in [1.807, 2.05) is 26.8 Å². The number of hydrogen-bond donors (Lipinski definition) is 3. The predicted molar refractivity (Wildman–Crippen MR) is 72.4 cm³/mol. The van der Waals surface area contributed by atoms with Crippen LogP contribution >= 0.6 is 0 Å². The standard InChI is InChI=1S/C13H21N3O2/c1-9-7-10(16-14)5-6-11(9)12(17)15-8-13(2,3)18-4/h5-7,16H,8,14H2,1-4H3,(H,15,17). The molecule has 0 fully saturated rings. The summed E-state index contributed by atoms with van der Waals surface area (Å²) in [5, 5.41) is 2.85. The van der Waals surface area contributed by atoms with Crippen molar-refractivity contribution in [2.75, 3.05) is 19.1 Å². The maximum absolute atomic E-state index is 12.0. The zero-order chi connectivity index (χ0) is 13.8. The minimum Gasteiger partial charge on any atom is -0.377 e. The molecule has 5 heteroatoms. The van der Waals surface area contributed by atoms with Crippen LogP contribution in [0, 0.1) is 6.92 Å². The molecule has 0 saturated heterocycles. The molecular formula is C13H21N3O2. The Morgan fingerprint density at radius 1 is 1.44 bits per heavy atom. The average Bonchev–Trinajstić information content (AvgIpc) is 2.36. The third-order valence-corrected chi connectivity index (χ3v) is 2.86. The molecule has 100 valence electrons. The van der Waals surface area contributed by atoms with E-state index in [0.717, 1.165) is 11.3 Å². The molecule has 0 unspecified atom stereocenters. The number of hydrazine groups is 1. The molecular weight excluding hydrogens is 230 g/mol. The van der Waals surface area contributed by atoms with E-state index in [-0.39, 0.29) is 11.5 Å². The fourth-order valence-corrected chi connectivity index (χ4v) is 1.47. The highest BCUT2D eigenvalue weighted by atomic mass is 16.5. The van der Waals surface area contributed by atoms with Crippen molar-refractivity contribution in [3.63, 3.8) is 0 Å². The van der Waals surface area contributed by atoms with Crippen LogP contribution in [0.3, 0.4) is 0 Å². The summed E-state index contributed by atoms with van der Waals surface area (Å²) in [4.78, 5) is 12.0. The summed E-state index contributed by atoms with van der Waals surface area (Å²) >= 11 is 0. The number of rotatable bonds is 5. The molecule has 4 N–H and O–H groups in total. The summed E-state index contributed by atoms with van der Waals surface area (Å²) < 4.78 is 5.25. The van der Waals surface area contributed by atoms with E-state index in [0.29, 0.717) is 12.1 Å². The Kier molecular flexibility index (Phi) is 4.69. The molecule has 0 aliphatic heterocycles. The monoisotopic (exact) mass is 251 g/mol. The number of hydrogen-bond acceptors (Lipinski definition) is 4. The number of amides is 1. The number of carbonyl (C=O) groups excluding carboxylic acids is 1. The molecule has 0 saturated carbocycles. The van der Waals surface area contributed by atoms with Gasteiger partial charge in [0, 0.05) is 24.9 Å². The zero-order valence-corrected chi connectivity index (χ0v) is 11.3. The van der Waals surface area contributed by atoms with E-state index < -0.39 is 0 Å². The molecule has 5 nitrogen and oxygen atoms in total. The summed E-state index contributed by atoms with van der Waals surface area (Å²) in [6.07, 6.45) is 0. The van der Waals surface area contributed by atoms with Gasteiger partial charge in [0.1, 0.15) is 0 Å². The SMILES string of the molecule is COC(C)(C)CNC(=O)c1ccc(NN)cc1C. The minimum absolute atomic E-state index is 0.110. The molecule has 0 heterocycles. The van der Waals surface area contributed by atoms with Crippen molar-refractivity contribution in [1.29, 1.82) is 0 Å². The van der Waals surface area contributed by atoms with Gasteiger partial charge in [0.2, 0.25) is 0 Å². The maximum Gasteiger partial charge on any atom is 0.251 e. The number of methoxy groups -OCH3 is 1. The van der Waals surface area contributed by atoms with Gasteiger partial charge in [0.25, 0.3) is 5.91 Å². The van der Waals surface area contributed by atoms with Gasteiger partial charge in [-0.3, -0.25) is 10.6 Å². The highest BCUT2D eigenvalue weighted by molar-refractivity contribution is 5.96. The van der Waals surface area contributed by atoms with Gasteiger partial charge in [-0.05, 0) is 44.5 Å². The lowest BCUT2D eigenvalue weighted by molar-refractivity contribution is 0.0228. The molecule has 0 bridgehead atoms. The van der Waals surface area contributed by atoms with Gasteiger partial charge in [0.05, 0.1) is 5.60 Å². The summed E-state index contributed by atoms with van der Waals surface area (Å²) in [6, 6.07) is 5.35. The highest BCUT2D eigenvalue weighted by Crippen LogP contribution is 2.14. The predicted octanol–water partition coefficient (Wildman–Crippen LogP) is 1.44. The van der Waals surface area contributed by atoms with Crippen LogP contribution in [0.25, 0.3) is 0 Å². The van der Waals surface area contributed by atoms with Gasteiger partial charge >= 0.3 is 0 Å². The molecule has 18 heavy (non-hydrogen) atoms. The van der Waals surface area contributed by atoms with Crippen molar-refractivity contribution in [3.8, 4) is 0 Å². The van der Waals surface area contributed by atoms with Crippen molar-refractivity contribution in [2.24, 2.45) is 5.84 Å². The Hall–Kier alpha value is -1.59. The van der Waals surface area contributed by atoms with Gasteiger partial charge in [-0.15, -0.1) is 0 Å². The van der Waals surface area contributed by atoms with Crippen LogP contribution in [0.5, 0.6) is 0 Å². The second kappa shape index (κ2) is 5.84. The van der Waals surface area contributed by atoms with E-state index in [1.165, 1.54) is 0 Å². The van der Waals surface area contributed by atoms with E-state index >= 15 is 0 Å². The fraction of sp³-hybridized carbons (Fsp3) is 0.462. The Morgan fingerprint density at radius 2 is 2.11 bits per heavy atom. The summed E-state index contributed by atoms with van der Waals surface area (Å²) in [5.74, 6) is 5.20. The lowest BCUT2D eigenvalue weighted by Gasteiger charge is -2.23. The van der Waals surface area contributed by atoms with Crippen LogP contribution in [0.15, 0.2) is 18.2 Å². The number of aryl methyl sites for hydroxylation is 1. The third-order valence-electron chi connectivity index (χ3n) is 2.86. The van der Waals surface area contributed by atoms with E-state index in [9.17, 15) is 4.79 Å². The topological polar surface area (TPSA) is 76.4 Å². The molecule has 1 amide bonds. The average molecular weight is 251 g/mol. The first-order valence-corrected chi connectivity index (χ1v) is 5.80. The van der Waals surface area contributed by atoms with Crippen molar-refractivity contribution in [1.82, 2.24) is 5.32 Å². The number of ether oxygens (including phenoxy) is 1. The quantitative estimate of drug-likeness (QED) is 0.546. The number of carbonyl (C=O) groups is 1. The lowest BCUT2D eigenvalue weighted by atomic mass is 10.1. The molecule has 0 aliphatic carbocycles. The van der Waals surface area contributed by atoms with Crippen LogP contribution in [0.1, 0.15) is 29.8 Å². The highest BCUT2D eigenvalue weighted by Gasteiger charge is 2.18. The number of nitrogens with two attached hydrogens (primary N) is 1. The lowest BCUT2D eigenvalue weighted by Crippen LogP contribution is -2.39. The van der Waals surface area contributed by atoms with Crippen molar-refractivity contribution in [2.45, 2.75) is 26.4 Å². The van der Waals surface area contributed by atoms with Crippen LogP contribution in [0.4, 0.5) is 5.69 Å². The number of anilines is 1. The minimum atomic E-state index is -0.373. The normalized spacial score (nSPS) is 11.2. The van der Waals surface area contributed by atoms with E-state index in [4.69, 9.17) is 10.6 Å². The van der Waals surface area contributed by atoms with Crippen molar-refractivity contribution < 1.29 is 9.53 Å². The number of nitrogens with one attached hydrogen (secondary N) is 2. The van der Waals surface area contributed by atoms with Gasteiger partial charge in [-0.1, -0.05) is 0 Å². The third kappa shape index (κ3) is 3.72. The first-order valence-electron chi connectivity index (χ1n) is 5.80. The first-order chi connectivity index (χ1) is 8.39. The number of benzene rings is 1. The van der Waals surface area contributed by atoms with Crippen LogP contribution in [-0.4, -0.2) is 25.2 Å². The van der Waals surface area contributed by atoms with Crippen LogP contribution < -0.4 is 16.6 Å². The fourth-order valence-electron chi connectivity index (χ4n) is 1.47. The van der Waals surface area contributed by atoms with Gasteiger partial charge < -0.3 is 15.5 Å². The Morgan fingerprint density at radius 3 is 2.61 bits per heavy atom. The Balaban J connectivity index is 2.73. The van der Waals surface area contributed by atoms with Gasteiger partial charge in [0.15, 0.2) is 0 Å². The molecule has 1 aromatic carbocycles. The number of nitrogen functional groups attached to an aromatic ring is 1. The molecule has 1 rings (SSSR count). The molecule has 0 atom stereocenters.